The van der Waals surface area contributed by atoms with Crippen LogP contribution in [0.5, 0.6) is 0 Å². The van der Waals surface area contributed by atoms with Gasteiger partial charge in [0.05, 0.1) is 0 Å². The third-order valence-electron chi connectivity index (χ3n) is 4.32. The quantitative estimate of drug-likeness (QED) is 0.945. The van der Waals surface area contributed by atoms with E-state index >= 15 is 0 Å². The lowest BCUT2D eigenvalue weighted by atomic mass is 9.99. The van der Waals surface area contributed by atoms with Crippen molar-refractivity contribution < 1.29 is 4.79 Å². The number of benzene rings is 1. The number of carbonyl (C=O) groups excluding carboxylic acids is 1. The molecule has 1 fully saturated rings. The first-order valence-electron chi connectivity index (χ1n) is 8.07. The van der Waals surface area contributed by atoms with Gasteiger partial charge in [0, 0.05) is 24.7 Å². The maximum atomic E-state index is 12.3. The van der Waals surface area contributed by atoms with E-state index in [0.717, 1.165) is 30.4 Å². The number of nitrogens with zero attached hydrogens (tertiary/aromatic N) is 3. The molecule has 1 aliphatic rings. The van der Waals surface area contributed by atoms with Crippen molar-refractivity contribution in [3.05, 3.63) is 47.8 Å². The molecule has 0 bridgehead atoms. The molecule has 1 aliphatic heterocycles. The Kier molecular flexibility index (Phi) is 4.55. The molecule has 5 heteroatoms. The zero-order chi connectivity index (χ0) is 16.2. The third kappa shape index (κ3) is 3.86. The fraction of sp³-hybridized carbons (Fsp3) is 0.389. The Morgan fingerprint density at radius 1 is 1.17 bits per heavy atom. The molecule has 2 heterocycles. The number of hydrogen-bond acceptors (Lipinski definition) is 4. The molecule has 1 saturated heterocycles. The molecule has 0 spiro atoms. The minimum atomic E-state index is -0.151. The normalized spacial score (nSPS) is 15.5. The maximum absolute atomic E-state index is 12.3. The van der Waals surface area contributed by atoms with Crippen molar-refractivity contribution in [2.45, 2.75) is 26.7 Å². The molecule has 2 aromatic rings. The fourth-order valence-corrected chi connectivity index (χ4v) is 2.72. The van der Waals surface area contributed by atoms with Crippen LogP contribution in [0.25, 0.3) is 0 Å². The van der Waals surface area contributed by atoms with Gasteiger partial charge in [0.25, 0.3) is 5.91 Å². The molecule has 0 saturated carbocycles. The van der Waals surface area contributed by atoms with Crippen molar-refractivity contribution in [3.63, 3.8) is 0 Å². The Hall–Kier alpha value is -2.43. The number of aromatic nitrogens is 2. The van der Waals surface area contributed by atoms with Crippen LogP contribution < -0.4 is 10.2 Å². The van der Waals surface area contributed by atoms with E-state index in [0.29, 0.717) is 11.4 Å². The van der Waals surface area contributed by atoms with Gasteiger partial charge in [0.2, 0.25) is 0 Å². The Labute approximate surface area is 136 Å². The Morgan fingerprint density at radius 2 is 1.87 bits per heavy atom. The average Bonchev–Trinajstić information content (AvgIpc) is 2.56. The predicted octanol–water partition coefficient (Wildman–Crippen LogP) is 3.27. The van der Waals surface area contributed by atoms with Gasteiger partial charge < -0.3 is 10.2 Å². The van der Waals surface area contributed by atoms with E-state index in [1.807, 2.05) is 37.3 Å². The molecule has 23 heavy (non-hydrogen) atoms. The lowest BCUT2D eigenvalue weighted by Gasteiger charge is -2.31. The number of hydrogen-bond donors (Lipinski definition) is 1. The van der Waals surface area contributed by atoms with Gasteiger partial charge in [0.15, 0.2) is 0 Å². The Morgan fingerprint density at radius 3 is 2.57 bits per heavy atom. The molecule has 3 rings (SSSR count). The largest absolute Gasteiger partial charge is 0.356 e. The van der Waals surface area contributed by atoms with Crippen LogP contribution in [-0.4, -0.2) is 29.0 Å². The monoisotopic (exact) mass is 310 g/mol. The Bertz CT molecular complexity index is 676. The van der Waals surface area contributed by atoms with Crippen LogP contribution in [0.2, 0.25) is 0 Å². The summed E-state index contributed by atoms with van der Waals surface area (Å²) in [5.74, 6) is 2.04. The summed E-state index contributed by atoms with van der Waals surface area (Å²) in [7, 11) is 0. The van der Waals surface area contributed by atoms with Crippen LogP contribution in [0, 0.1) is 12.8 Å². The first-order valence-corrected chi connectivity index (χ1v) is 8.07. The van der Waals surface area contributed by atoms with Crippen LogP contribution in [0.3, 0.4) is 0 Å². The molecule has 1 aromatic carbocycles. The SMILES string of the molecule is Cc1ccc(C(=O)Nc2cc(N3CCC(C)CC3)ncn2)cc1. The van der Waals surface area contributed by atoms with Gasteiger partial charge in [0.1, 0.15) is 18.0 Å². The molecule has 120 valence electrons. The number of carbonyl (C=O) groups is 1. The van der Waals surface area contributed by atoms with Crippen LogP contribution in [0.4, 0.5) is 11.6 Å². The van der Waals surface area contributed by atoms with Gasteiger partial charge in [-0.3, -0.25) is 4.79 Å². The third-order valence-corrected chi connectivity index (χ3v) is 4.32. The summed E-state index contributed by atoms with van der Waals surface area (Å²) < 4.78 is 0. The van der Waals surface area contributed by atoms with Crippen molar-refractivity contribution in [1.82, 2.24) is 9.97 Å². The second kappa shape index (κ2) is 6.77. The number of aryl methyl sites for hydroxylation is 1. The van der Waals surface area contributed by atoms with E-state index in [4.69, 9.17) is 0 Å². The number of amides is 1. The van der Waals surface area contributed by atoms with Crippen LogP contribution in [0.1, 0.15) is 35.7 Å². The molecule has 1 aromatic heterocycles. The molecule has 0 atom stereocenters. The summed E-state index contributed by atoms with van der Waals surface area (Å²) in [5, 5.41) is 2.85. The van der Waals surface area contributed by atoms with Crippen molar-refractivity contribution >= 4 is 17.5 Å². The van der Waals surface area contributed by atoms with Crippen molar-refractivity contribution in [1.29, 1.82) is 0 Å². The van der Waals surface area contributed by atoms with Gasteiger partial charge in [-0.05, 0) is 37.8 Å². The van der Waals surface area contributed by atoms with Gasteiger partial charge in [-0.1, -0.05) is 24.6 Å². The molecule has 0 radical (unpaired) electrons. The maximum Gasteiger partial charge on any atom is 0.256 e. The number of anilines is 2. The highest BCUT2D eigenvalue weighted by Gasteiger charge is 2.17. The molecule has 0 unspecified atom stereocenters. The minimum absolute atomic E-state index is 0.151. The molecular weight excluding hydrogens is 288 g/mol. The fourth-order valence-electron chi connectivity index (χ4n) is 2.72. The first-order chi connectivity index (χ1) is 11.1. The summed E-state index contributed by atoms with van der Waals surface area (Å²) in [6, 6.07) is 9.34. The number of nitrogens with one attached hydrogen (secondary N) is 1. The van der Waals surface area contributed by atoms with Gasteiger partial charge in [-0.2, -0.15) is 0 Å². The second-order valence-corrected chi connectivity index (χ2v) is 6.25. The van der Waals surface area contributed by atoms with Gasteiger partial charge >= 0.3 is 0 Å². The molecule has 5 nitrogen and oxygen atoms in total. The van der Waals surface area contributed by atoms with Crippen molar-refractivity contribution in [3.8, 4) is 0 Å². The summed E-state index contributed by atoms with van der Waals surface area (Å²) >= 11 is 0. The highest BCUT2D eigenvalue weighted by molar-refractivity contribution is 6.03. The zero-order valence-corrected chi connectivity index (χ0v) is 13.6. The average molecular weight is 310 g/mol. The summed E-state index contributed by atoms with van der Waals surface area (Å²) in [4.78, 5) is 23.0. The topological polar surface area (TPSA) is 58.1 Å². The summed E-state index contributed by atoms with van der Waals surface area (Å²) in [6.45, 7) is 6.29. The van der Waals surface area contributed by atoms with Crippen molar-refractivity contribution in [2.75, 3.05) is 23.3 Å². The molecular formula is C18H22N4O. The summed E-state index contributed by atoms with van der Waals surface area (Å²) in [6.07, 6.45) is 3.86. The standard InChI is InChI=1S/C18H22N4O/c1-13-3-5-15(6-4-13)18(23)21-16-11-17(20-12-19-16)22-9-7-14(2)8-10-22/h3-6,11-12,14H,7-10H2,1-2H3,(H,19,20,21,23). The van der Waals surface area contributed by atoms with E-state index in [9.17, 15) is 4.79 Å². The van der Waals surface area contributed by atoms with E-state index < -0.39 is 0 Å². The second-order valence-electron chi connectivity index (χ2n) is 6.25. The van der Waals surface area contributed by atoms with Crippen LogP contribution >= 0.6 is 0 Å². The van der Waals surface area contributed by atoms with E-state index in [1.165, 1.54) is 19.2 Å². The zero-order valence-electron chi connectivity index (χ0n) is 13.6. The van der Waals surface area contributed by atoms with Gasteiger partial charge in [-0.15, -0.1) is 0 Å². The smallest absolute Gasteiger partial charge is 0.256 e. The lowest BCUT2D eigenvalue weighted by Crippen LogP contribution is -2.33. The van der Waals surface area contributed by atoms with E-state index in [2.05, 4.69) is 27.1 Å². The molecule has 1 N–H and O–H groups in total. The number of piperidine rings is 1. The Balaban J connectivity index is 1.70. The molecule has 0 aliphatic carbocycles. The van der Waals surface area contributed by atoms with Crippen LogP contribution in [0.15, 0.2) is 36.7 Å². The van der Waals surface area contributed by atoms with E-state index in [-0.39, 0.29) is 5.91 Å². The van der Waals surface area contributed by atoms with Gasteiger partial charge in [-0.25, -0.2) is 9.97 Å². The minimum Gasteiger partial charge on any atom is -0.356 e. The highest BCUT2D eigenvalue weighted by Crippen LogP contribution is 2.22. The molecule has 1 amide bonds. The predicted molar refractivity (Wildman–Crippen MR) is 91.8 cm³/mol. The highest BCUT2D eigenvalue weighted by atomic mass is 16.1. The van der Waals surface area contributed by atoms with Crippen molar-refractivity contribution in [2.24, 2.45) is 5.92 Å². The first kappa shape index (κ1) is 15.5. The van der Waals surface area contributed by atoms with E-state index in [1.54, 1.807) is 0 Å². The van der Waals surface area contributed by atoms with Crippen LogP contribution in [-0.2, 0) is 0 Å². The lowest BCUT2D eigenvalue weighted by molar-refractivity contribution is 0.102. The summed E-state index contributed by atoms with van der Waals surface area (Å²) in [5.41, 5.74) is 1.76. The number of rotatable bonds is 3.